The molecule has 0 N–H and O–H groups in total. The summed E-state index contributed by atoms with van der Waals surface area (Å²) < 4.78 is 0. The van der Waals surface area contributed by atoms with Crippen LogP contribution in [0.25, 0.3) is 43.1 Å². The van der Waals surface area contributed by atoms with E-state index in [2.05, 4.69) is 76.7 Å². The van der Waals surface area contributed by atoms with Gasteiger partial charge in [-0.25, -0.2) is 0 Å². The molecule has 0 unspecified atom stereocenters. The third-order valence-electron chi connectivity index (χ3n) is 4.91. The first-order chi connectivity index (χ1) is 11.4. The second-order valence-electron chi connectivity index (χ2n) is 6.06. The first kappa shape index (κ1) is 11.4. The minimum atomic E-state index is 0.918. The SMILES string of the molecule is C1=Nc2cc3cccc4c5cccc6cccc(c(c2N=1)c34)c65. The first-order valence-corrected chi connectivity index (χ1v) is 7.70. The van der Waals surface area contributed by atoms with Crippen molar-refractivity contribution < 1.29 is 0 Å². The van der Waals surface area contributed by atoms with E-state index < -0.39 is 0 Å². The van der Waals surface area contributed by atoms with Gasteiger partial charge in [0.15, 0.2) is 0 Å². The minimum Gasteiger partial charge on any atom is -0.185 e. The normalized spacial score (nSPS) is 13.0. The van der Waals surface area contributed by atoms with Gasteiger partial charge in [-0.15, -0.1) is 0 Å². The zero-order valence-electron chi connectivity index (χ0n) is 12.2. The second-order valence-corrected chi connectivity index (χ2v) is 6.06. The van der Waals surface area contributed by atoms with Crippen LogP contribution in [0, 0.1) is 0 Å². The smallest absolute Gasteiger partial charge is 0.110 e. The maximum absolute atomic E-state index is 4.44. The van der Waals surface area contributed by atoms with Gasteiger partial charge in [-0.05, 0) is 43.8 Å². The predicted octanol–water partition coefficient (Wildman–Crippen LogP) is 6.19. The summed E-state index contributed by atoms with van der Waals surface area (Å²) in [6.07, 6.45) is 0. The van der Waals surface area contributed by atoms with Crippen LogP contribution in [-0.2, 0) is 0 Å². The molecule has 0 saturated carbocycles. The van der Waals surface area contributed by atoms with E-state index in [1.54, 1.807) is 0 Å². The zero-order chi connectivity index (χ0) is 15.0. The van der Waals surface area contributed by atoms with Crippen LogP contribution in [0.4, 0.5) is 11.4 Å². The average molecular weight is 290 g/mol. The first-order valence-electron chi connectivity index (χ1n) is 7.70. The highest BCUT2D eigenvalue weighted by Crippen LogP contribution is 2.48. The van der Waals surface area contributed by atoms with Crippen LogP contribution in [0.15, 0.2) is 70.6 Å². The summed E-state index contributed by atoms with van der Waals surface area (Å²) in [5, 5.41) is 10.1. The Morgan fingerprint density at radius 2 is 1.30 bits per heavy atom. The Morgan fingerprint density at radius 1 is 0.609 bits per heavy atom. The highest BCUT2D eigenvalue weighted by atomic mass is 14.9. The fraction of sp³-hybridized carbons (Fsp3) is 0. The summed E-state index contributed by atoms with van der Waals surface area (Å²) in [6.45, 7) is 0. The summed E-state index contributed by atoms with van der Waals surface area (Å²) in [5.41, 5.74) is 1.87. The molecule has 0 spiro atoms. The quantitative estimate of drug-likeness (QED) is 0.235. The summed E-state index contributed by atoms with van der Waals surface area (Å²) in [5.74, 6) is 0. The molecular weight excluding hydrogens is 280 g/mol. The lowest BCUT2D eigenvalue weighted by atomic mass is 9.89. The van der Waals surface area contributed by atoms with Crippen molar-refractivity contribution in [3.63, 3.8) is 0 Å². The molecule has 0 aliphatic carbocycles. The van der Waals surface area contributed by atoms with Crippen molar-refractivity contribution in [2.24, 2.45) is 9.98 Å². The topological polar surface area (TPSA) is 24.7 Å². The summed E-state index contributed by atoms with van der Waals surface area (Å²) >= 11 is 0. The molecule has 0 bridgehead atoms. The van der Waals surface area contributed by atoms with Crippen molar-refractivity contribution in [2.75, 3.05) is 0 Å². The summed E-state index contributed by atoms with van der Waals surface area (Å²) in [7, 11) is 0. The number of hydrogen-bond donors (Lipinski definition) is 0. The van der Waals surface area contributed by atoms with E-state index >= 15 is 0 Å². The molecule has 0 amide bonds. The predicted molar refractivity (Wildman–Crippen MR) is 96.8 cm³/mol. The Balaban J connectivity index is 2.12. The molecule has 5 aromatic rings. The number of hydrogen-bond acceptors (Lipinski definition) is 2. The van der Waals surface area contributed by atoms with Crippen LogP contribution < -0.4 is 0 Å². The molecule has 1 heterocycles. The summed E-state index contributed by atoms with van der Waals surface area (Å²) in [4.78, 5) is 8.75. The molecule has 0 atom stereocenters. The fourth-order valence-electron chi connectivity index (χ4n) is 4.02. The lowest BCUT2D eigenvalue weighted by Gasteiger charge is -2.15. The van der Waals surface area contributed by atoms with Crippen molar-refractivity contribution in [1.29, 1.82) is 0 Å². The van der Waals surface area contributed by atoms with E-state index in [0.717, 1.165) is 11.4 Å². The van der Waals surface area contributed by atoms with Gasteiger partial charge in [-0.1, -0.05) is 54.6 Å². The molecule has 0 saturated heterocycles. The molecule has 1 aliphatic rings. The Hall–Kier alpha value is -3.22. The molecule has 0 radical (unpaired) electrons. The molecule has 1 aliphatic heterocycles. The highest BCUT2D eigenvalue weighted by molar-refractivity contribution is 6.36. The standard InChI is InChI=1S/C21H10N2/c1-4-12-5-2-9-16-18(12)14(7-1)15-8-3-6-13-10-17-21(23-11-22-17)20(16)19(13)15/h1-10H. The van der Waals surface area contributed by atoms with Crippen molar-refractivity contribution in [2.45, 2.75) is 0 Å². The van der Waals surface area contributed by atoms with E-state index in [-0.39, 0.29) is 0 Å². The van der Waals surface area contributed by atoms with Gasteiger partial charge in [0, 0.05) is 5.39 Å². The third-order valence-corrected chi connectivity index (χ3v) is 4.91. The third kappa shape index (κ3) is 1.26. The van der Waals surface area contributed by atoms with Crippen LogP contribution >= 0.6 is 0 Å². The Kier molecular flexibility index (Phi) is 1.85. The van der Waals surface area contributed by atoms with E-state index in [4.69, 9.17) is 0 Å². The highest BCUT2D eigenvalue weighted by Gasteiger charge is 2.18. The molecule has 104 valence electrons. The van der Waals surface area contributed by atoms with Crippen LogP contribution in [0.1, 0.15) is 0 Å². The molecule has 2 nitrogen and oxygen atoms in total. The monoisotopic (exact) mass is 290 g/mol. The number of nitrogens with zero attached hydrogens (tertiary/aromatic N) is 2. The fourth-order valence-corrected chi connectivity index (χ4v) is 4.02. The lowest BCUT2D eigenvalue weighted by Crippen LogP contribution is -1.87. The van der Waals surface area contributed by atoms with Gasteiger partial charge in [0.1, 0.15) is 17.4 Å². The van der Waals surface area contributed by atoms with E-state index in [1.165, 1.54) is 43.1 Å². The van der Waals surface area contributed by atoms with Crippen molar-refractivity contribution in [1.82, 2.24) is 0 Å². The number of fused-ring (bicyclic) bond motifs is 4. The van der Waals surface area contributed by atoms with E-state index in [0.29, 0.717) is 0 Å². The molecule has 0 aromatic heterocycles. The number of aliphatic imine (C=N–C) groups is 2. The number of rotatable bonds is 0. The van der Waals surface area contributed by atoms with Crippen LogP contribution in [0.3, 0.4) is 0 Å². The molecule has 2 heteroatoms. The van der Waals surface area contributed by atoms with Gasteiger partial charge in [-0.2, -0.15) is 9.98 Å². The van der Waals surface area contributed by atoms with Crippen molar-refractivity contribution in [3.05, 3.63) is 60.7 Å². The average Bonchev–Trinajstić information content (AvgIpc) is 3.06. The van der Waals surface area contributed by atoms with Gasteiger partial charge in [0.05, 0.1) is 0 Å². The van der Waals surface area contributed by atoms with Crippen LogP contribution in [-0.4, -0.2) is 6.01 Å². The van der Waals surface area contributed by atoms with Gasteiger partial charge in [0.25, 0.3) is 0 Å². The lowest BCUT2D eigenvalue weighted by molar-refractivity contribution is 1.60. The molecule has 23 heavy (non-hydrogen) atoms. The van der Waals surface area contributed by atoms with Gasteiger partial charge in [0.2, 0.25) is 0 Å². The van der Waals surface area contributed by atoms with Crippen molar-refractivity contribution in [3.8, 4) is 0 Å². The molecule has 6 rings (SSSR count). The number of benzene rings is 5. The Morgan fingerprint density at radius 3 is 2.13 bits per heavy atom. The molecule has 5 aromatic carbocycles. The molecule has 0 fully saturated rings. The Bertz CT molecular complexity index is 1330. The van der Waals surface area contributed by atoms with Gasteiger partial charge >= 0.3 is 0 Å². The maximum atomic E-state index is 4.44. The van der Waals surface area contributed by atoms with Gasteiger partial charge < -0.3 is 0 Å². The molecular formula is C21H10N2. The Labute approximate surface area is 131 Å². The maximum Gasteiger partial charge on any atom is 0.110 e. The van der Waals surface area contributed by atoms with Crippen LogP contribution in [0.5, 0.6) is 0 Å². The van der Waals surface area contributed by atoms with Gasteiger partial charge in [-0.3, -0.25) is 0 Å². The second kappa shape index (κ2) is 3.75. The van der Waals surface area contributed by atoms with Crippen molar-refractivity contribution >= 4 is 60.5 Å². The summed E-state index contributed by atoms with van der Waals surface area (Å²) in [6, 6.07) is 24.4. The zero-order valence-corrected chi connectivity index (χ0v) is 12.2. The minimum absolute atomic E-state index is 0.918. The largest absolute Gasteiger partial charge is 0.185 e. The van der Waals surface area contributed by atoms with E-state index in [1.807, 2.05) is 0 Å². The van der Waals surface area contributed by atoms with E-state index in [9.17, 15) is 0 Å². The van der Waals surface area contributed by atoms with Crippen LogP contribution in [0.2, 0.25) is 0 Å².